The van der Waals surface area contributed by atoms with Crippen LogP contribution in [0.3, 0.4) is 0 Å². The third kappa shape index (κ3) is 4.75. The molecule has 3 aromatic rings. The molecule has 0 radical (unpaired) electrons. The molecule has 28 heavy (non-hydrogen) atoms. The summed E-state index contributed by atoms with van der Waals surface area (Å²) in [6, 6.07) is 16.5. The van der Waals surface area contributed by atoms with Gasteiger partial charge in [-0.3, -0.25) is 4.79 Å². The molecule has 0 saturated carbocycles. The molecule has 0 heterocycles. The highest BCUT2D eigenvalue weighted by Gasteiger charge is 2.22. The first-order chi connectivity index (χ1) is 13.5. The molecule has 144 valence electrons. The maximum Gasteiger partial charge on any atom is 0.244 e. The molecule has 0 fully saturated rings. The standard InChI is InChI=1S/C22H19ClFNO3/c23-18-9-7-15(19(24)12-18)8-10-21(28)25-22(20(27)13-26)17-6-5-14-3-1-2-4-16(14)11-17/h1-12,20,22,26-27H,13H2,(H,25,28)/t20-,22-/m1/s1. The van der Waals surface area contributed by atoms with Crippen molar-refractivity contribution in [1.29, 1.82) is 0 Å². The first-order valence-electron chi connectivity index (χ1n) is 8.69. The van der Waals surface area contributed by atoms with E-state index in [0.29, 0.717) is 5.56 Å². The van der Waals surface area contributed by atoms with Crippen molar-refractivity contribution in [3.63, 3.8) is 0 Å². The van der Waals surface area contributed by atoms with E-state index in [9.17, 15) is 19.4 Å². The third-order valence-corrected chi connectivity index (χ3v) is 4.61. The number of halogens is 2. The number of fused-ring (bicyclic) bond motifs is 1. The van der Waals surface area contributed by atoms with E-state index in [1.807, 2.05) is 36.4 Å². The van der Waals surface area contributed by atoms with E-state index in [0.717, 1.165) is 16.8 Å². The van der Waals surface area contributed by atoms with Gasteiger partial charge in [0.25, 0.3) is 0 Å². The topological polar surface area (TPSA) is 69.6 Å². The Hall–Kier alpha value is -2.73. The van der Waals surface area contributed by atoms with Crippen molar-refractivity contribution >= 4 is 34.4 Å². The van der Waals surface area contributed by atoms with Crippen LogP contribution in [0.4, 0.5) is 4.39 Å². The zero-order valence-corrected chi connectivity index (χ0v) is 15.6. The highest BCUT2D eigenvalue weighted by Crippen LogP contribution is 2.23. The van der Waals surface area contributed by atoms with Crippen LogP contribution in [0.2, 0.25) is 5.02 Å². The van der Waals surface area contributed by atoms with Gasteiger partial charge in [0, 0.05) is 16.7 Å². The number of hydrogen-bond donors (Lipinski definition) is 3. The van der Waals surface area contributed by atoms with E-state index < -0.39 is 30.5 Å². The number of nitrogens with one attached hydrogen (secondary N) is 1. The van der Waals surface area contributed by atoms with Crippen molar-refractivity contribution in [3.05, 3.63) is 88.7 Å². The second-order valence-corrected chi connectivity index (χ2v) is 6.78. The van der Waals surface area contributed by atoms with Gasteiger partial charge in [0.2, 0.25) is 5.91 Å². The number of amides is 1. The van der Waals surface area contributed by atoms with Gasteiger partial charge in [-0.1, -0.05) is 54.1 Å². The fourth-order valence-corrected chi connectivity index (χ4v) is 3.07. The molecule has 0 aliphatic heterocycles. The zero-order chi connectivity index (χ0) is 20.1. The zero-order valence-electron chi connectivity index (χ0n) is 14.8. The summed E-state index contributed by atoms with van der Waals surface area (Å²) in [5.74, 6) is -1.07. The van der Waals surface area contributed by atoms with Crippen molar-refractivity contribution in [2.75, 3.05) is 6.61 Å². The molecule has 0 bridgehead atoms. The molecule has 0 aliphatic carbocycles. The minimum Gasteiger partial charge on any atom is -0.394 e. The van der Waals surface area contributed by atoms with Gasteiger partial charge in [0.1, 0.15) is 11.9 Å². The largest absolute Gasteiger partial charge is 0.394 e. The summed E-state index contributed by atoms with van der Waals surface area (Å²) in [5, 5.41) is 24.5. The van der Waals surface area contributed by atoms with Crippen LogP contribution in [0.5, 0.6) is 0 Å². The number of aliphatic hydroxyl groups excluding tert-OH is 2. The Morgan fingerprint density at radius 1 is 1.11 bits per heavy atom. The summed E-state index contributed by atoms with van der Waals surface area (Å²) in [5.41, 5.74) is 0.865. The molecule has 0 aromatic heterocycles. The normalized spacial score (nSPS) is 13.6. The predicted molar refractivity (Wildman–Crippen MR) is 108 cm³/mol. The van der Waals surface area contributed by atoms with E-state index in [1.165, 1.54) is 24.3 Å². The maximum absolute atomic E-state index is 13.8. The Labute approximate surface area is 166 Å². The van der Waals surface area contributed by atoms with Gasteiger partial charge < -0.3 is 15.5 Å². The van der Waals surface area contributed by atoms with Crippen molar-refractivity contribution in [2.45, 2.75) is 12.1 Å². The summed E-state index contributed by atoms with van der Waals surface area (Å²) in [4.78, 5) is 12.3. The van der Waals surface area contributed by atoms with Crippen LogP contribution in [0.15, 0.2) is 66.7 Å². The molecule has 3 N–H and O–H groups in total. The van der Waals surface area contributed by atoms with Crippen LogP contribution < -0.4 is 5.32 Å². The van der Waals surface area contributed by atoms with E-state index in [4.69, 9.17) is 11.6 Å². The molecular weight excluding hydrogens is 381 g/mol. The Kier molecular flexibility index (Phi) is 6.41. The third-order valence-electron chi connectivity index (χ3n) is 4.38. The summed E-state index contributed by atoms with van der Waals surface area (Å²) < 4.78 is 13.8. The Bertz CT molecular complexity index is 1020. The molecule has 0 spiro atoms. The molecular formula is C22H19ClFNO3. The number of rotatable bonds is 6. The Balaban J connectivity index is 1.81. The van der Waals surface area contributed by atoms with Crippen molar-refractivity contribution < 1.29 is 19.4 Å². The molecule has 3 aromatic carbocycles. The summed E-state index contributed by atoms with van der Waals surface area (Å²) in [6.07, 6.45) is 1.31. The molecule has 4 nitrogen and oxygen atoms in total. The highest BCUT2D eigenvalue weighted by molar-refractivity contribution is 6.30. The van der Waals surface area contributed by atoms with Crippen LogP contribution >= 0.6 is 11.6 Å². The highest BCUT2D eigenvalue weighted by atomic mass is 35.5. The van der Waals surface area contributed by atoms with Gasteiger partial charge in [-0.25, -0.2) is 4.39 Å². The predicted octanol–water partition coefficient (Wildman–Crippen LogP) is 3.86. The fourth-order valence-electron chi connectivity index (χ4n) is 2.91. The smallest absolute Gasteiger partial charge is 0.244 e. The van der Waals surface area contributed by atoms with Crippen LogP contribution in [0.1, 0.15) is 17.2 Å². The van der Waals surface area contributed by atoms with Crippen molar-refractivity contribution in [1.82, 2.24) is 5.32 Å². The van der Waals surface area contributed by atoms with Gasteiger partial charge in [-0.15, -0.1) is 0 Å². The quantitative estimate of drug-likeness (QED) is 0.551. The van der Waals surface area contributed by atoms with Crippen molar-refractivity contribution in [2.24, 2.45) is 0 Å². The van der Waals surface area contributed by atoms with E-state index in [1.54, 1.807) is 6.07 Å². The van der Waals surface area contributed by atoms with Crippen molar-refractivity contribution in [3.8, 4) is 0 Å². The first-order valence-corrected chi connectivity index (χ1v) is 9.07. The van der Waals surface area contributed by atoms with E-state index >= 15 is 0 Å². The molecule has 0 aliphatic rings. The molecule has 3 rings (SSSR count). The molecule has 0 saturated heterocycles. The van der Waals surface area contributed by atoms with Gasteiger partial charge >= 0.3 is 0 Å². The lowest BCUT2D eigenvalue weighted by molar-refractivity contribution is -0.118. The Morgan fingerprint density at radius 2 is 1.86 bits per heavy atom. The van der Waals surface area contributed by atoms with Crippen LogP contribution in [0.25, 0.3) is 16.8 Å². The molecule has 1 amide bonds. The lowest BCUT2D eigenvalue weighted by Crippen LogP contribution is -2.37. The minimum atomic E-state index is -1.19. The molecule has 2 atom stereocenters. The van der Waals surface area contributed by atoms with Gasteiger partial charge in [-0.05, 0) is 40.6 Å². The fraction of sp³-hybridized carbons (Fsp3) is 0.136. The summed E-state index contributed by atoms with van der Waals surface area (Å²) in [7, 11) is 0. The second kappa shape index (κ2) is 8.97. The van der Waals surface area contributed by atoms with Crippen LogP contribution in [-0.4, -0.2) is 28.8 Å². The average Bonchev–Trinajstić information content (AvgIpc) is 2.70. The van der Waals surface area contributed by atoms with Crippen LogP contribution in [0, 0.1) is 5.82 Å². The van der Waals surface area contributed by atoms with Gasteiger partial charge in [0.15, 0.2) is 0 Å². The lowest BCUT2D eigenvalue weighted by atomic mass is 9.98. The first kappa shape index (κ1) is 20.0. The van der Waals surface area contributed by atoms with Gasteiger partial charge in [-0.2, -0.15) is 0 Å². The van der Waals surface area contributed by atoms with Crippen LogP contribution in [-0.2, 0) is 4.79 Å². The Morgan fingerprint density at radius 3 is 2.57 bits per heavy atom. The number of benzene rings is 3. The average molecular weight is 400 g/mol. The van der Waals surface area contributed by atoms with E-state index in [2.05, 4.69) is 5.32 Å². The molecule has 0 unspecified atom stereocenters. The number of carbonyl (C=O) groups is 1. The lowest BCUT2D eigenvalue weighted by Gasteiger charge is -2.23. The SMILES string of the molecule is O=C(C=Cc1ccc(Cl)cc1F)N[C@H](c1ccc2ccccc2c1)[C@H](O)CO. The monoisotopic (exact) mass is 399 g/mol. The maximum atomic E-state index is 13.8. The van der Waals surface area contributed by atoms with E-state index in [-0.39, 0.29) is 10.6 Å². The minimum absolute atomic E-state index is 0.213. The number of aliphatic hydroxyl groups is 2. The number of hydrogen-bond acceptors (Lipinski definition) is 3. The van der Waals surface area contributed by atoms with Gasteiger partial charge in [0.05, 0.1) is 12.6 Å². The summed E-state index contributed by atoms with van der Waals surface area (Å²) in [6.45, 7) is -0.521. The second-order valence-electron chi connectivity index (χ2n) is 6.34. The number of carbonyl (C=O) groups excluding carboxylic acids is 1. The summed E-state index contributed by atoms with van der Waals surface area (Å²) >= 11 is 5.71. The molecule has 6 heteroatoms.